The molecular weight excluding hydrogens is 653 g/mol. The number of hydrogen-bond donors (Lipinski definition) is 3. The molecule has 0 rings (SSSR count). The Balaban J connectivity index is 4.48. The highest BCUT2D eigenvalue weighted by molar-refractivity contribution is 7.80. The van der Waals surface area contributed by atoms with E-state index in [1.54, 1.807) is 0 Å². The fraction of sp³-hybridized carbons (Fsp3) is 0.917. The third-order valence-corrected chi connectivity index (χ3v) is 9.35. The Kier molecular flexibility index (Phi) is 33.5. The Bertz CT molecular complexity index is 833. The van der Waals surface area contributed by atoms with Gasteiger partial charge in [0, 0.05) is 25.8 Å². The van der Waals surface area contributed by atoms with E-state index in [9.17, 15) is 23.8 Å². The van der Waals surface area contributed by atoms with Crippen LogP contribution in [0.4, 0.5) is 0 Å². The summed E-state index contributed by atoms with van der Waals surface area (Å²) in [6.45, 7) is 3.47. The van der Waals surface area contributed by atoms with E-state index in [1.807, 2.05) is 0 Å². The van der Waals surface area contributed by atoms with Crippen LogP contribution < -0.4 is 5.32 Å². The first-order valence-corrected chi connectivity index (χ1v) is 21.2. The van der Waals surface area contributed by atoms with Crippen molar-refractivity contribution in [2.45, 2.75) is 180 Å². The molecule has 0 fully saturated rings. The van der Waals surface area contributed by atoms with E-state index < -0.39 is 32.5 Å². The molecule has 0 radical (unpaired) electrons. The molecule has 0 aromatic carbocycles. The van der Waals surface area contributed by atoms with Crippen LogP contribution in [0, 0.1) is 0 Å². The Morgan fingerprint density at radius 1 is 0.625 bits per heavy atom. The Hall–Kier alpha value is -1.13. The van der Waals surface area contributed by atoms with Gasteiger partial charge in [0.05, 0.1) is 13.2 Å². The minimum Gasteiger partial charge on any atom is -0.462 e. The van der Waals surface area contributed by atoms with Gasteiger partial charge in [-0.05, 0) is 18.6 Å². The lowest BCUT2D eigenvalue weighted by atomic mass is 10.1. The normalized spacial score (nSPS) is 13.2. The molecule has 0 aliphatic rings. The summed E-state index contributed by atoms with van der Waals surface area (Å²) in [6, 6.07) is 0. The summed E-state index contributed by atoms with van der Waals surface area (Å²) in [4.78, 5) is 46.5. The number of phosphoric acid groups is 1. The smallest absolute Gasteiger partial charge is 0.462 e. The molecule has 0 spiro atoms. The topological polar surface area (TPSA) is 137 Å². The maximum absolute atomic E-state index is 12.6. The third kappa shape index (κ3) is 33.4. The zero-order valence-corrected chi connectivity index (χ0v) is 32.2. The first-order valence-electron chi connectivity index (χ1n) is 19.1. The standard InChI is InChI=1S/C36H70NO9PS/c1-3-5-7-9-11-13-15-17-19-21-23-25-35(39)43-31-33(32-45-47(41,42)44-29-28-37-34(38)27-30-48)46-36(40)26-24-22-20-18-16-14-12-10-8-6-4-2/h33,48H,3-32H2,1-2H3,(H,37,38)(H,41,42)/t33-/m1/s1. The van der Waals surface area contributed by atoms with Gasteiger partial charge in [0.1, 0.15) is 6.61 Å². The monoisotopic (exact) mass is 723 g/mol. The largest absolute Gasteiger partial charge is 0.472 e. The molecule has 12 heteroatoms. The molecule has 0 aromatic rings. The molecule has 284 valence electrons. The zero-order valence-electron chi connectivity index (χ0n) is 30.4. The second-order valence-corrected chi connectivity index (χ2v) is 14.7. The number of thiol groups is 1. The molecule has 0 aliphatic carbocycles. The van der Waals surface area contributed by atoms with Gasteiger partial charge in [0.15, 0.2) is 6.10 Å². The second kappa shape index (κ2) is 34.3. The number of esters is 2. The van der Waals surface area contributed by atoms with Gasteiger partial charge in [-0.1, -0.05) is 142 Å². The number of ether oxygens (including phenoxy) is 2. The summed E-state index contributed by atoms with van der Waals surface area (Å²) in [5, 5.41) is 2.54. The molecule has 48 heavy (non-hydrogen) atoms. The number of nitrogens with one attached hydrogen (secondary N) is 1. The van der Waals surface area contributed by atoms with Crippen LogP contribution in [0.15, 0.2) is 0 Å². The maximum Gasteiger partial charge on any atom is 0.472 e. The van der Waals surface area contributed by atoms with Crippen molar-refractivity contribution in [3.05, 3.63) is 0 Å². The van der Waals surface area contributed by atoms with Crippen LogP contribution in [0.25, 0.3) is 0 Å². The number of hydrogen-bond acceptors (Lipinski definition) is 9. The molecule has 0 aliphatic heterocycles. The van der Waals surface area contributed by atoms with Crippen molar-refractivity contribution >= 4 is 38.3 Å². The predicted octanol–water partition coefficient (Wildman–Crippen LogP) is 9.41. The summed E-state index contributed by atoms with van der Waals surface area (Å²) >= 11 is 3.98. The van der Waals surface area contributed by atoms with Crippen molar-refractivity contribution < 1.29 is 42.4 Å². The number of amides is 1. The SMILES string of the molecule is CCCCCCCCCCCCCC(=O)OC[C@H](COP(=O)(O)OCCNC(=O)CCS)OC(=O)CCCCCCCCCCCCC. The average Bonchev–Trinajstić information content (AvgIpc) is 3.06. The molecule has 0 saturated carbocycles. The van der Waals surface area contributed by atoms with Gasteiger partial charge in [0.2, 0.25) is 5.91 Å². The first-order chi connectivity index (χ1) is 23.2. The van der Waals surface area contributed by atoms with Gasteiger partial charge in [-0.3, -0.25) is 23.4 Å². The van der Waals surface area contributed by atoms with Crippen molar-refractivity contribution in [2.24, 2.45) is 0 Å². The summed E-state index contributed by atoms with van der Waals surface area (Å²) in [5.41, 5.74) is 0. The summed E-state index contributed by atoms with van der Waals surface area (Å²) in [6.07, 6.45) is 25.4. The fourth-order valence-corrected chi connectivity index (χ4v) is 6.20. The lowest BCUT2D eigenvalue weighted by molar-refractivity contribution is -0.161. The molecule has 10 nitrogen and oxygen atoms in total. The molecule has 0 saturated heterocycles. The van der Waals surface area contributed by atoms with Crippen molar-refractivity contribution in [3.63, 3.8) is 0 Å². The van der Waals surface area contributed by atoms with Crippen LogP contribution in [0.3, 0.4) is 0 Å². The third-order valence-electron chi connectivity index (χ3n) is 8.14. The fourth-order valence-electron chi connectivity index (χ4n) is 5.24. The van der Waals surface area contributed by atoms with E-state index >= 15 is 0 Å². The molecule has 2 atom stereocenters. The molecule has 0 heterocycles. The predicted molar refractivity (Wildman–Crippen MR) is 196 cm³/mol. The summed E-state index contributed by atoms with van der Waals surface area (Å²) in [7, 11) is -4.50. The van der Waals surface area contributed by atoms with Gasteiger partial charge >= 0.3 is 19.8 Å². The van der Waals surface area contributed by atoms with Gasteiger partial charge in [-0.2, -0.15) is 12.6 Å². The zero-order chi connectivity index (χ0) is 35.6. The van der Waals surface area contributed by atoms with E-state index in [0.29, 0.717) is 12.2 Å². The Morgan fingerprint density at radius 3 is 1.52 bits per heavy atom. The minimum absolute atomic E-state index is 0.0224. The average molecular weight is 724 g/mol. The van der Waals surface area contributed by atoms with Crippen LogP contribution in [-0.2, 0) is 37.5 Å². The Labute approximate surface area is 297 Å². The minimum atomic E-state index is -4.50. The molecule has 2 N–H and O–H groups in total. The summed E-state index contributed by atoms with van der Waals surface area (Å²) in [5.74, 6) is -0.737. The lowest BCUT2D eigenvalue weighted by Crippen LogP contribution is -2.30. The number of carbonyl (C=O) groups excluding carboxylic acids is 3. The van der Waals surface area contributed by atoms with E-state index in [-0.39, 0.29) is 44.9 Å². The van der Waals surface area contributed by atoms with Crippen LogP contribution in [0.1, 0.15) is 174 Å². The van der Waals surface area contributed by atoms with Crippen molar-refractivity contribution in [2.75, 3.05) is 32.1 Å². The second-order valence-electron chi connectivity index (χ2n) is 12.8. The highest BCUT2D eigenvalue weighted by Crippen LogP contribution is 2.43. The highest BCUT2D eigenvalue weighted by atomic mass is 32.1. The van der Waals surface area contributed by atoms with E-state index in [4.69, 9.17) is 18.5 Å². The van der Waals surface area contributed by atoms with Gasteiger partial charge in [-0.15, -0.1) is 0 Å². The number of carbonyl (C=O) groups is 3. The van der Waals surface area contributed by atoms with Crippen LogP contribution in [0.2, 0.25) is 0 Å². The van der Waals surface area contributed by atoms with E-state index in [0.717, 1.165) is 38.5 Å². The molecular formula is C36H70NO9PS. The first kappa shape index (κ1) is 46.9. The van der Waals surface area contributed by atoms with Gasteiger partial charge in [-0.25, -0.2) is 4.57 Å². The number of phosphoric ester groups is 1. The molecule has 1 unspecified atom stereocenters. The molecule has 0 aromatic heterocycles. The van der Waals surface area contributed by atoms with Crippen LogP contribution in [-0.4, -0.2) is 61.0 Å². The number of rotatable bonds is 36. The van der Waals surface area contributed by atoms with Crippen molar-refractivity contribution in [1.29, 1.82) is 0 Å². The number of unbranched alkanes of at least 4 members (excludes halogenated alkanes) is 20. The van der Waals surface area contributed by atoms with Crippen LogP contribution >= 0.6 is 20.5 Å². The highest BCUT2D eigenvalue weighted by Gasteiger charge is 2.26. The van der Waals surface area contributed by atoms with E-state index in [1.165, 1.54) is 96.3 Å². The van der Waals surface area contributed by atoms with E-state index in [2.05, 4.69) is 31.8 Å². The van der Waals surface area contributed by atoms with Crippen LogP contribution in [0.5, 0.6) is 0 Å². The maximum atomic E-state index is 12.6. The van der Waals surface area contributed by atoms with Crippen molar-refractivity contribution in [3.8, 4) is 0 Å². The van der Waals surface area contributed by atoms with Gasteiger partial charge < -0.3 is 19.7 Å². The van der Waals surface area contributed by atoms with Gasteiger partial charge in [0.25, 0.3) is 0 Å². The molecule has 1 amide bonds. The lowest BCUT2D eigenvalue weighted by Gasteiger charge is -2.20. The summed E-state index contributed by atoms with van der Waals surface area (Å²) < 4.78 is 33.2. The quantitative estimate of drug-likeness (QED) is 0.0250. The van der Waals surface area contributed by atoms with Crippen molar-refractivity contribution in [1.82, 2.24) is 5.32 Å². The Morgan fingerprint density at radius 2 is 1.06 bits per heavy atom. The molecule has 0 bridgehead atoms.